The maximum absolute atomic E-state index is 13.4. The first kappa shape index (κ1) is 21.1. The van der Waals surface area contributed by atoms with Gasteiger partial charge in [-0.1, -0.05) is 18.2 Å². The minimum atomic E-state index is -3.60. The second kappa shape index (κ2) is 8.40. The van der Waals surface area contributed by atoms with Crippen LogP contribution in [0, 0.1) is 12.7 Å². The number of benzene rings is 2. The van der Waals surface area contributed by atoms with Crippen molar-refractivity contribution in [2.45, 2.75) is 18.2 Å². The smallest absolute Gasteiger partial charge is 0.242 e. The van der Waals surface area contributed by atoms with E-state index in [1.54, 1.807) is 30.5 Å². The van der Waals surface area contributed by atoms with E-state index in [0.29, 0.717) is 22.0 Å². The van der Waals surface area contributed by atoms with Gasteiger partial charge in [-0.2, -0.15) is 0 Å². The highest BCUT2D eigenvalue weighted by Gasteiger charge is 2.19. The van der Waals surface area contributed by atoms with Crippen LogP contribution in [-0.2, 0) is 21.2 Å². The lowest BCUT2D eigenvalue weighted by atomic mass is 10.2. The lowest BCUT2D eigenvalue weighted by molar-refractivity contribution is -0.115. The van der Waals surface area contributed by atoms with Crippen LogP contribution in [0.2, 0.25) is 0 Å². The van der Waals surface area contributed by atoms with E-state index in [4.69, 9.17) is 0 Å². The zero-order valence-electron chi connectivity index (χ0n) is 16.1. The number of carbonyl (C=O) groups is 1. The molecule has 1 aromatic heterocycles. The van der Waals surface area contributed by atoms with Gasteiger partial charge in [0, 0.05) is 30.7 Å². The van der Waals surface area contributed by atoms with Crippen molar-refractivity contribution in [3.05, 3.63) is 64.9 Å². The molecule has 9 heteroatoms. The number of thiazole rings is 1. The zero-order valence-corrected chi connectivity index (χ0v) is 17.8. The Morgan fingerprint density at radius 3 is 2.66 bits per heavy atom. The normalized spacial score (nSPS) is 11.6. The van der Waals surface area contributed by atoms with Crippen molar-refractivity contribution in [1.82, 2.24) is 9.29 Å². The van der Waals surface area contributed by atoms with Crippen LogP contribution >= 0.6 is 11.3 Å². The average molecular weight is 434 g/mol. The van der Waals surface area contributed by atoms with Gasteiger partial charge in [0.15, 0.2) is 0 Å². The van der Waals surface area contributed by atoms with Crippen LogP contribution < -0.4 is 5.32 Å². The number of aryl methyl sites for hydroxylation is 1. The van der Waals surface area contributed by atoms with Crippen LogP contribution in [0.3, 0.4) is 0 Å². The topological polar surface area (TPSA) is 79.4 Å². The zero-order chi connectivity index (χ0) is 21.2. The second-order valence-electron chi connectivity index (χ2n) is 6.64. The van der Waals surface area contributed by atoms with Crippen LogP contribution in [0.5, 0.6) is 0 Å². The minimum Gasteiger partial charge on any atom is -0.325 e. The van der Waals surface area contributed by atoms with Crippen molar-refractivity contribution in [2.75, 3.05) is 19.4 Å². The molecule has 0 radical (unpaired) electrons. The summed E-state index contributed by atoms with van der Waals surface area (Å²) in [5, 5.41) is 5.13. The molecule has 1 N–H and O–H groups in total. The van der Waals surface area contributed by atoms with E-state index in [1.165, 1.54) is 49.7 Å². The number of rotatable bonds is 6. The monoisotopic (exact) mass is 433 g/mol. The summed E-state index contributed by atoms with van der Waals surface area (Å²) in [5.41, 5.74) is 2.38. The molecular formula is C20H20FN3O3S2. The number of nitrogens with one attached hydrogen (secondary N) is 1. The van der Waals surface area contributed by atoms with Crippen LogP contribution in [0.1, 0.15) is 11.3 Å². The molecule has 0 fully saturated rings. The number of nitrogens with zero attached hydrogens (tertiary/aromatic N) is 2. The lowest BCUT2D eigenvalue weighted by Crippen LogP contribution is -2.22. The third-order valence-corrected chi connectivity index (χ3v) is 6.98. The van der Waals surface area contributed by atoms with Gasteiger partial charge in [-0.05, 0) is 36.8 Å². The first-order chi connectivity index (χ1) is 13.7. The number of hydrogen-bond acceptors (Lipinski definition) is 5. The van der Waals surface area contributed by atoms with Gasteiger partial charge in [0.2, 0.25) is 15.9 Å². The van der Waals surface area contributed by atoms with E-state index >= 15 is 0 Å². The third kappa shape index (κ3) is 4.87. The van der Waals surface area contributed by atoms with Crippen molar-refractivity contribution in [3.8, 4) is 10.6 Å². The van der Waals surface area contributed by atoms with Crippen LogP contribution in [-0.4, -0.2) is 37.7 Å². The summed E-state index contributed by atoms with van der Waals surface area (Å²) in [5.74, 6) is -0.663. The fraction of sp³-hybridized carbons (Fsp3) is 0.200. The fourth-order valence-electron chi connectivity index (χ4n) is 2.61. The molecule has 152 valence electrons. The van der Waals surface area contributed by atoms with Gasteiger partial charge in [0.25, 0.3) is 0 Å². The average Bonchev–Trinajstić information content (AvgIpc) is 3.11. The molecule has 0 saturated carbocycles. The first-order valence-electron chi connectivity index (χ1n) is 8.70. The van der Waals surface area contributed by atoms with Gasteiger partial charge < -0.3 is 5.32 Å². The van der Waals surface area contributed by atoms with Crippen molar-refractivity contribution in [3.63, 3.8) is 0 Å². The largest absolute Gasteiger partial charge is 0.325 e. The summed E-state index contributed by atoms with van der Waals surface area (Å²) in [6, 6.07) is 10.7. The Hall–Kier alpha value is -2.62. The van der Waals surface area contributed by atoms with Gasteiger partial charge in [-0.25, -0.2) is 22.1 Å². The van der Waals surface area contributed by atoms with Crippen LogP contribution in [0.25, 0.3) is 10.6 Å². The summed E-state index contributed by atoms with van der Waals surface area (Å²) in [4.78, 5) is 17.0. The molecule has 0 bridgehead atoms. The van der Waals surface area contributed by atoms with E-state index in [2.05, 4.69) is 10.3 Å². The van der Waals surface area contributed by atoms with Crippen molar-refractivity contribution >= 4 is 33.0 Å². The van der Waals surface area contributed by atoms with E-state index in [0.717, 1.165) is 9.87 Å². The van der Waals surface area contributed by atoms with Crippen molar-refractivity contribution in [2.24, 2.45) is 0 Å². The number of carbonyl (C=O) groups excluding carboxylic acids is 1. The molecule has 0 spiro atoms. The molecule has 0 aliphatic rings. The third-order valence-electron chi connectivity index (χ3n) is 4.23. The van der Waals surface area contributed by atoms with E-state index < -0.39 is 10.0 Å². The lowest BCUT2D eigenvalue weighted by Gasteiger charge is -2.14. The maximum Gasteiger partial charge on any atom is 0.242 e. The van der Waals surface area contributed by atoms with Crippen LogP contribution in [0.4, 0.5) is 10.1 Å². The predicted octanol–water partition coefficient (Wildman–Crippen LogP) is 3.69. The van der Waals surface area contributed by atoms with Gasteiger partial charge in [0.1, 0.15) is 10.8 Å². The van der Waals surface area contributed by atoms with Gasteiger partial charge >= 0.3 is 0 Å². The molecule has 1 amide bonds. The number of aromatic nitrogens is 1. The van der Waals surface area contributed by atoms with E-state index in [-0.39, 0.29) is 23.0 Å². The Kier molecular flexibility index (Phi) is 6.11. The number of hydrogen-bond donors (Lipinski definition) is 1. The molecule has 0 unspecified atom stereocenters. The highest BCUT2D eigenvalue weighted by atomic mass is 32.2. The van der Waals surface area contributed by atoms with Crippen molar-refractivity contribution in [1.29, 1.82) is 0 Å². The van der Waals surface area contributed by atoms with E-state index in [1.807, 2.05) is 0 Å². The Morgan fingerprint density at radius 1 is 1.21 bits per heavy atom. The summed E-state index contributed by atoms with van der Waals surface area (Å²) in [6.45, 7) is 1.78. The second-order valence-corrected chi connectivity index (χ2v) is 9.65. The van der Waals surface area contributed by atoms with Gasteiger partial charge in [-0.15, -0.1) is 11.3 Å². The summed E-state index contributed by atoms with van der Waals surface area (Å²) < 4.78 is 39.1. The molecule has 2 aromatic carbocycles. The molecule has 1 heterocycles. The molecule has 0 aliphatic heterocycles. The highest BCUT2D eigenvalue weighted by molar-refractivity contribution is 7.89. The Balaban J connectivity index is 1.75. The van der Waals surface area contributed by atoms with Crippen molar-refractivity contribution < 1.29 is 17.6 Å². The number of sulfonamides is 1. The minimum absolute atomic E-state index is 0.0237. The molecule has 3 rings (SSSR count). The summed E-state index contributed by atoms with van der Waals surface area (Å²) >= 11 is 1.33. The highest BCUT2D eigenvalue weighted by Crippen LogP contribution is 2.25. The number of halogens is 1. The first-order valence-corrected chi connectivity index (χ1v) is 11.0. The van der Waals surface area contributed by atoms with Gasteiger partial charge in [0.05, 0.1) is 17.0 Å². The Morgan fingerprint density at radius 2 is 1.97 bits per heavy atom. The molecule has 6 nitrogen and oxygen atoms in total. The fourth-order valence-corrected chi connectivity index (χ4v) is 4.35. The number of amides is 1. The van der Waals surface area contributed by atoms with Crippen LogP contribution in [0.15, 0.2) is 52.7 Å². The quantitative estimate of drug-likeness (QED) is 0.643. The standard InChI is InChI=1S/C20H20FN3O3S2/c1-13-7-8-17(29(26,27)24(2)3)11-18(13)23-19(25)10-16-12-28-20(22-16)14-5-4-6-15(21)9-14/h4-9,11-12H,10H2,1-3H3,(H,23,25). The summed E-state index contributed by atoms with van der Waals surface area (Å²) in [6.07, 6.45) is 0.0237. The predicted molar refractivity (Wildman–Crippen MR) is 112 cm³/mol. The molecule has 0 atom stereocenters. The molecule has 3 aromatic rings. The molecular weight excluding hydrogens is 413 g/mol. The Labute approximate surface area is 173 Å². The van der Waals surface area contributed by atoms with Gasteiger partial charge in [-0.3, -0.25) is 4.79 Å². The number of anilines is 1. The molecule has 29 heavy (non-hydrogen) atoms. The van der Waals surface area contributed by atoms with E-state index in [9.17, 15) is 17.6 Å². The SMILES string of the molecule is Cc1ccc(S(=O)(=O)N(C)C)cc1NC(=O)Cc1csc(-c2cccc(F)c2)n1. The summed E-state index contributed by atoms with van der Waals surface area (Å²) in [7, 11) is -0.700. The Bertz CT molecular complexity index is 1160. The molecule has 0 aliphatic carbocycles. The maximum atomic E-state index is 13.4. The molecule has 0 saturated heterocycles.